The number of aliphatic hydroxyl groups excluding tert-OH is 1. The van der Waals surface area contributed by atoms with Gasteiger partial charge in [-0.15, -0.1) is 0 Å². The molecule has 0 aromatic heterocycles. The van der Waals surface area contributed by atoms with Gasteiger partial charge in [-0.05, 0) is 26.9 Å². The molecule has 5 nitrogen and oxygen atoms in total. The van der Waals surface area contributed by atoms with Gasteiger partial charge in [0.05, 0.1) is 12.6 Å². The van der Waals surface area contributed by atoms with Gasteiger partial charge in [0, 0.05) is 25.7 Å². The minimum absolute atomic E-state index is 0.0599. The molecule has 1 rings (SSSR count). The van der Waals surface area contributed by atoms with Crippen molar-refractivity contribution < 1.29 is 9.90 Å². The Hall–Kier alpha value is -0.650. The number of amides is 1. The van der Waals surface area contributed by atoms with E-state index in [1.54, 1.807) is 0 Å². The van der Waals surface area contributed by atoms with Crippen molar-refractivity contribution in [3.63, 3.8) is 0 Å². The first-order chi connectivity index (χ1) is 8.02. The highest BCUT2D eigenvalue weighted by molar-refractivity contribution is 5.78. The maximum atomic E-state index is 11.6. The quantitative estimate of drug-likeness (QED) is 0.661. The standard InChI is InChI=1S/C12H25N3O2/c1-4-5-13-12(17)9-15-8-11(16)6-10(15)7-14(2)3/h10-11,16H,4-9H2,1-3H3,(H,13,17). The second-order valence-electron chi connectivity index (χ2n) is 5.08. The van der Waals surface area contributed by atoms with Crippen molar-refractivity contribution in [2.45, 2.75) is 31.9 Å². The summed E-state index contributed by atoms with van der Waals surface area (Å²) in [5.41, 5.74) is 0. The zero-order chi connectivity index (χ0) is 12.8. The molecule has 17 heavy (non-hydrogen) atoms. The minimum Gasteiger partial charge on any atom is -0.392 e. The van der Waals surface area contributed by atoms with E-state index >= 15 is 0 Å². The number of hydrogen-bond donors (Lipinski definition) is 2. The maximum Gasteiger partial charge on any atom is 0.234 e. The fourth-order valence-electron chi connectivity index (χ4n) is 2.27. The third-order valence-electron chi connectivity index (χ3n) is 3.00. The van der Waals surface area contributed by atoms with Gasteiger partial charge < -0.3 is 15.3 Å². The summed E-state index contributed by atoms with van der Waals surface area (Å²) in [5.74, 6) is 0.0599. The number of carbonyl (C=O) groups is 1. The highest BCUT2D eigenvalue weighted by atomic mass is 16.3. The normalized spacial score (nSPS) is 25.5. The molecule has 1 aliphatic rings. The summed E-state index contributed by atoms with van der Waals surface area (Å²) in [6.07, 6.45) is 1.42. The number of likely N-dealkylation sites (tertiary alicyclic amines) is 1. The van der Waals surface area contributed by atoms with Gasteiger partial charge in [0.15, 0.2) is 0 Å². The molecule has 5 heteroatoms. The van der Waals surface area contributed by atoms with Crippen molar-refractivity contribution in [3.8, 4) is 0 Å². The molecule has 0 saturated carbocycles. The lowest BCUT2D eigenvalue weighted by molar-refractivity contribution is -0.122. The van der Waals surface area contributed by atoms with E-state index < -0.39 is 0 Å². The molecule has 0 aromatic carbocycles. The summed E-state index contributed by atoms with van der Waals surface area (Å²) in [4.78, 5) is 15.8. The summed E-state index contributed by atoms with van der Waals surface area (Å²) < 4.78 is 0. The molecule has 2 unspecified atom stereocenters. The van der Waals surface area contributed by atoms with Crippen LogP contribution in [0.3, 0.4) is 0 Å². The van der Waals surface area contributed by atoms with Gasteiger partial charge in [0.2, 0.25) is 5.91 Å². The summed E-state index contributed by atoms with van der Waals surface area (Å²) in [5, 5.41) is 12.6. The molecular formula is C12H25N3O2. The third-order valence-corrected chi connectivity index (χ3v) is 3.00. The Balaban J connectivity index is 2.41. The van der Waals surface area contributed by atoms with E-state index in [0.29, 0.717) is 13.1 Å². The van der Waals surface area contributed by atoms with Crippen LogP contribution in [0.2, 0.25) is 0 Å². The van der Waals surface area contributed by atoms with Gasteiger partial charge in [-0.2, -0.15) is 0 Å². The van der Waals surface area contributed by atoms with Gasteiger partial charge in [0.1, 0.15) is 0 Å². The largest absolute Gasteiger partial charge is 0.392 e. The van der Waals surface area contributed by atoms with Crippen LogP contribution in [0, 0.1) is 0 Å². The van der Waals surface area contributed by atoms with Crippen LogP contribution in [0.5, 0.6) is 0 Å². The summed E-state index contributed by atoms with van der Waals surface area (Å²) in [6.45, 7) is 4.66. The van der Waals surface area contributed by atoms with E-state index in [2.05, 4.69) is 15.1 Å². The Morgan fingerprint density at radius 1 is 1.53 bits per heavy atom. The van der Waals surface area contributed by atoms with E-state index in [1.807, 2.05) is 21.0 Å². The molecule has 1 fully saturated rings. The number of nitrogens with zero attached hydrogens (tertiary/aromatic N) is 2. The van der Waals surface area contributed by atoms with Crippen LogP contribution < -0.4 is 5.32 Å². The van der Waals surface area contributed by atoms with Gasteiger partial charge in [-0.1, -0.05) is 6.92 Å². The Bertz CT molecular complexity index is 246. The molecule has 0 bridgehead atoms. The van der Waals surface area contributed by atoms with Crippen LogP contribution in [-0.2, 0) is 4.79 Å². The van der Waals surface area contributed by atoms with E-state index in [9.17, 15) is 9.90 Å². The summed E-state index contributed by atoms with van der Waals surface area (Å²) >= 11 is 0. The Labute approximate surface area is 104 Å². The molecule has 1 aliphatic heterocycles. The first-order valence-corrected chi connectivity index (χ1v) is 6.36. The van der Waals surface area contributed by atoms with Crippen LogP contribution in [0.15, 0.2) is 0 Å². The Morgan fingerprint density at radius 3 is 2.82 bits per heavy atom. The molecule has 0 radical (unpaired) electrons. The van der Waals surface area contributed by atoms with E-state index in [1.165, 1.54) is 0 Å². The van der Waals surface area contributed by atoms with E-state index in [-0.39, 0.29) is 18.1 Å². The average molecular weight is 243 g/mol. The van der Waals surface area contributed by atoms with Gasteiger partial charge >= 0.3 is 0 Å². The molecule has 2 atom stereocenters. The molecule has 0 spiro atoms. The van der Waals surface area contributed by atoms with Gasteiger partial charge in [-0.25, -0.2) is 0 Å². The lowest BCUT2D eigenvalue weighted by Crippen LogP contribution is -2.43. The lowest BCUT2D eigenvalue weighted by atomic mass is 10.2. The lowest BCUT2D eigenvalue weighted by Gasteiger charge is -2.25. The summed E-state index contributed by atoms with van der Waals surface area (Å²) in [6, 6.07) is 0.285. The van der Waals surface area contributed by atoms with Crippen LogP contribution in [0.4, 0.5) is 0 Å². The number of carbonyl (C=O) groups excluding carboxylic acids is 1. The topological polar surface area (TPSA) is 55.8 Å². The highest BCUT2D eigenvalue weighted by Crippen LogP contribution is 2.17. The Kier molecular flexibility index (Phi) is 5.88. The summed E-state index contributed by atoms with van der Waals surface area (Å²) in [7, 11) is 4.03. The first-order valence-electron chi connectivity index (χ1n) is 6.36. The molecule has 1 amide bonds. The zero-order valence-electron chi connectivity index (χ0n) is 11.1. The van der Waals surface area contributed by atoms with Crippen molar-refractivity contribution in [1.82, 2.24) is 15.1 Å². The molecule has 100 valence electrons. The first kappa shape index (κ1) is 14.4. The van der Waals surface area contributed by atoms with Crippen LogP contribution in [0.25, 0.3) is 0 Å². The van der Waals surface area contributed by atoms with E-state index in [0.717, 1.165) is 25.9 Å². The molecule has 1 saturated heterocycles. The van der Waals surface area contributed by atoms with Crippen LogP contribution >= 0.6 is 0 Å². The predicted molar refractivity (Wildman–Crippen MR) is 67.8 cm³/mol. The third kappa shape index (κ3) is 5.02. The monoisotopic (exact) mass is 243 g/mol. The molecule has 0 aliphatic carbocycles. The molecule has 1 heterocycles. The van der Waals surface area contributed by atoms with Crippen LogP contribution in [0.1, 0.15) is 19.8 Å². The highest BCUT2D eigenvalue weighted by Gasteiger charge is 2.32. The minimum atomic E-state index is -0.293. The second-order valence-corrected chi connectivity index (χ2v) is 5.08. The number of aliphatic hydroxyl groups is 1. The number of hydrogen-bond acceptors (Lipinski definition) is 4. The second kappa shape index (κ2) is 6.93. The molecule has 0 aromatic rings. The smallest absolute Gasteiger partial charge is 0.234 e. The number of rotatable bonds is 6. The molecule has 2 N–H and O–H groups in total. The predicted octanol–water partition coefficient (Wildman–Crippen LogP) is -0.491. The van der Waals surface area contributed by atoms with Crippen molar-refractivity contribution in [3.05, 3.63) is 0 Å². The van der Waals surface area contributed by atoms with Crippen molar-refractivity contribution >= 4 is 5.91 Å². The van der Waals surface area contributed by atoms with Gasteiger partial charge in [-0.3, -0.25) is 9.69 Å². The van der Waals surface area contributed by atoms with Crippen molar-refractivity contribution in [2.24, 2.45) is 0 Å². The zero-order valence-corrected chi connectivity index (χ0v) is 11.1. The molecular weight excluding hydrogens is 218 g/mol. The fraction of sp³-hybridized carbons (Fsp3) is 0.917. The van der Waals surface area contributed by atoms with Crippen molar-refractivity contribution in [2.75, 3.05) is 40.3 Å². The maximum absolute atomic E-state index is 11.6. The average Bonchev–Trinajstić information content (AvgIpc) is 2.55. The number of likely N-dealkylation sites (N-methyl/N-ethyl adjacent to an activating group) is 1. The number of nitrogens with one attached hydrogen (secondary N) is 1. The van der Waals surface area contributed by atoms with Crippen LogP contribution in [-0.4, -0.2) is 73.2 Å². The van der Waals surface area contributed by atoms with Crippen molar-refractivity contribution in [1.29, 1.82) is 0 Å². The SMILES string of the molecule is CCCNC(=O)CN1CC(O)CC1CN(C)C. The van der Waals surface area contributed by atoms with E-state index in [4.69, 9.17) is 0 Å². The fourth-order valence-corrected chi connectivity index (χ4v) is 2.27. The number of β-amino-alcohol motifs (C(OH)–C–C–N with tert-alkyl or cyclic N) is 1. The Morgan fingerprint density at radius 2 is 2.24 bits per heavy atom. The van der Waals surface area contributed by atoms with Gasteiger partial charge in [0.25, 0.3) is 0 Å².